The third-order valence-corrected chi connectivity index (χ3v) is 16.6. The second-order valence-corrected chi connectivity index (χ2v) is 20.1. The highest BCUT2D eigenvalue weighted by atomic mass is 15.1. The van der Waals surface area contributed by atoms with E-state index in [-0.39, 0.29) is 16.2 Å². The van der Waals surface area contributed by atoms with Crippen LogP contribution in [0, 0.1) is 23.7 Å². The lowest BCUT2D eigenvalue weighted by Gasteiger charge is -2.61. The summed E-state index contributed by atoms with van der Waals surface area (Å²) in [7, 11) is 0. The molecular formula is C58H51N. The fourth-order valence-corrected chi connectivity index (χ4v) is 14.5. The molecule has 0 aromatic heterocycles. The van der Waals surface area contributed by atoms with E-state index in [1.165, 1.54) is 116 Å². The number of hydrogen-bond acceptors (Lipinski definition) is 1. The molecule has 14 rings (SSSR count). The molecule has 1 nitrogen and oxygen atoms in total. The Morgan fingerprint density at radius 1 is 0.407 bits per heavy atom. The summed E-state index contributed by atoms with van der Waals surface area (Å²) < 4.78 is 0. The van der Waals surface area contributed by atoms with E-state index in [1.807, 2.05) is 0 Å². The van der Waals surface area contributed by atoms with Gasteiger partial charge >= 0.3 is 0 Å². The van der Waals surface area contributed by atoms with Crippen molar-refractivity contribution in [1.82, 2.24) is 0 Å². The van der Waals surface area contributed by atoms with Crippen LogP contribution in [-0.4, -0.2) is 0 Å². The van der Waals surface area contributed by atoms with Crippen molar-refractivity contribution in [3.05, 3.63) is 185 Å². The fraction of sp³-hybridized carbons (Fsp3) is 0.276. The van der Waals surface area contributed by atoms with E-state index >= 15 is 0 Å². The molecule has 288 valence electrons. The van der Waals surface area contributed by atoms with E-state index in [0.29, 0.717) is 0 Å². The zero-order valence-electron chi connectivity index (χ0n) is 34.7. The molecule has 7 aliphatic rings. The third kappa shape index (κ3) is 4.36. The van der Waals surface area contributed by atoms with Gasteiger partial charge in [-0.05, 0) is 158 Å². The number of fused-ring (bicyclic) bond motifs is 9. The minimum absolute atomic E-state index is 0.0755. The maximum Gasteiger partial charge on any atom is 0.0543 e. The average Bonchev–Trinajstić information content (AvgIpc) is 3.78. The number of nitrogens with zero attached hydrogens (tertiary/aromatic N) is 1. The van der Waals surface area contributed by atoms with E-state index in [1.54, 1.807) is 11.1 Å². The Kier molecular flexibility index (Phi) is 6.82. The van der Waals surface area contributed by atoms with Gasteiger partial charge in [-0.25, -0.2) is 0 Å². The van der Waals surface area contributed by atoms with Crippen molar-refractivity contribution >= 4 is 17.1 Å². The number of anilines is 3. The Balaban J connectivity index is 1.01. The first-order valence-electron chi connectivity index (χ1n) is 22.4. The van der Waals surface area contributed by atoms with Gasteiger partial charge in [0.05, 0.1) is 5.69 Å². The zero-order valence-corrected chi connectivity index (χ0v) is 34.7. The molecule has 1 heteroatoms. The van der Waals surface area contributed by atoms with Crippen molar-refractivity contribution in [3.8, 4) is 44.5 Å². The van der Waals surface area contributed by atoms with Crippen LogP contribution < -0.4 is 4.90 Å². The van der Waals surface area contributed by atoms with E-state index in [2.05, 4.69) is 184 Å². The largest absolute Gasteiger partial charge is 0.310 e. The molecule has 7 aromatic carbocycles. The maximum absolute atomic E-state index is 2.67. The van der Waals surface area contributed by atoms with E-state index in [4.69, 9.17) is 0 Å². The Morgan fingerprint density at radius 2 is 0.932 bits per heavy atom. The van der Waals surface area contributed by atoms with Crippen LogP contribution in [0.3, 0.4) is 0 Å². The highest BCUT2D eigenvalue weighted by Crippen LogP contribution is 2.70. The molecule has 1 spiro atoms. The molecule has 59 heavy (non-hydrogen) atoms. The van der Waals surface area contributed by atoms with Gasteiger partial charge in [0.25, 0.3) is 0 Å². The standard InChI is InChI=1S/C58H51N/c1-56(2)49-19-9-7-15-47(49)54-51(56)21-12-22-53(54)59(40-25-23-37(24-26-40)42-16-11-17-46-44-14-5-8-18-48(44)57(3,4)55(42)46)41-27-28-45-43-13-6-10-20-50(43)58(52(45)34-41)38-30-35-29-36(32-38)33-39(58)31-35/h5-28,34-36,38-39H,29-33H2,1-4H3. The lowest BCUT2D eigenvalue weighted by molar-refractivity contribution is -0.0399. The first-order chi connectivity index (χ1) is 28.7. The van der Waals surface area contributed by atoms with Crippen LogP contribution in [0.25, 0.3) is 44.5 Å². The Bertz CT molecular complexity index is 2880. The second-order valence-electron chi connectivity index (χ2n) is 20.1. The van der Waals surface area contributed by atoms with Crippen molar-refractivity contribution in [3.63, 3.8) is 0 Å². The van der Waals surface area contributed by atoms with E-state index in [9.17, 15) is 0 Å². The van der Waals surface area contributed by atoms with Crippen molar-refractivity contribution < 1.29 is 0 Å². The summed E-state index contributed by atoms with van der Waals surface area (Å²) in [6, 6.07) is 58.8. The van der Waals surface area contributed by atoms with Crippen LogP contribution in [0.4, 0.5) is 17.1 Å². The van der Waals surface area contributed by atoms with Crippen LogP contribution in [0.5, 0.6) is 0 Å². The lowest BCUT2D eigenvalue weighted by atomic mass is 9.43. The summed E-state index contributed by atoms with van der Waals surface area (Å²) in [4.78, 5) is 2.61. The number of rotatable bonds is 4. The van der Waals surface area contributed by atoms with Crippen LogP contribution in [0.1, 0.15) is 93.2 Å². The summed E-state index contributed by atoms with van der Waals surface area (Å²) in [5, 5.41) is 0. The van der Waals surface area contributed by atoms with Crippen LogP contribution in [0.2, 0.25) is 0 Å². The lowest BCUT2D eigenvalue weighted by Crippen LogP contribution is -2.55. The first kappa shape index (κ1) is 34.2. The molecule has 0 atom stereocenters. The van der Waals surface area contributed by atoms with Gasteiger partial charge in [0.1, 0.15) is 0 Å². The predicted molar refractivity (Wildman–Crippen MR) is 245 cm³/mol. The Hall–Kier alpha value is -5.66. The minimum Gasteiger partial charge on any atom is -0.310 e. The van der Waals surface area contributed by atoms with Crippen molar-refractivity contribution in [1.29, 1.82) is 0 Å². The molecule has 0 aliphatic heterocycles. The zero-order chi connectivity index (χ0) is 39.4. The van der Waals surface area contributed by atoms with Crippen LogP contribution in [0.15, 0.2) is 152 Å². The summed E-state index contributed by atoms with van der Waals surface area (Å²) in [5.74, 6) is 3.28. The SMILES string of the molecule is CC1(C)c2ccccc2-c2c(N(c3ccc(-c4cccc5c4C(C)(C)c4ccccc4-5)cc3)c3ccc4c(c3)C3(c5ccccc5-4)C4CC5CC(C4)CC3C5)cccc21. The van der Waals surface area contributed by atoms with Gasteiger partial charge in [-0.15, -0.1) is 0 Å². The van der Waals surface area contributed by atoms with Crippen molar-refractivity contribution in [2.75, 3.05) is 4.90 Å². The van der Waals surface area contributed by atoms with Crippen LogP contribution in [-0.2, 0) is 16.2 Å². The maximum atomic E-state index is 2.67. The highest BCUT2D eigenvalue weighted by Gasteiger charge is 2.61. The van der Waals surface area contributed by atoms with Crippen molar-refractivity contribution in [2.24, 2.45) is 23.7 Å². The monoisotopic (exact) mass is 761 g/mol. The smallest absolute Gasteiger partial charge is 0.0543 e. The molecule has 0 radical (unpaired) electrons. The Morgan fingerprint density at radius 3 is 1.64 bits per heavy atom. The van der Waals surface area contributed by atoms with E-state index < -0.39 is 0 Å². The fourth-order valence-electron chi connectivity index (χ4n) is 14.5. The van der Waals surface area contributed by atoms with Gasteiger partial charge in [0.15, 0.2) is 0 Å². The summed E-state index contributed by atoms with van der Waals surface area (Å²) >= 11 is 0. The molecule has 0 saturated heterocycles. The average molecular weight is 762 g/mol. The summed E-state index contributed by atoms with van der Waals surface area (Å²) in [6.07, 6.45) is 7.02. The second kappa shape index (κ2) is 11.8. The molecular weight excluding hydrogens is 711 g/mol. The number of hydrogen-bond donors (Lipinski definition) is 0. The number of benzene rings is 7. The van der Waals surface area contributed by atoms with Gasteiger partial charge in [-0.2, -0.15) is 0 Å². The predicted octanol–water partition coefficient (Wildman–Crippen LogP) is 15.2. The summed E-state index contributed by atoms with van der Waals surface area (Å²) in [6.45, 7) is 9.60. The molecule has 7 aliphatic carbocycles. The summed E-state index contributed by atoms with van der Waals surface area (Å²) in [5.41, 5.74) is 23.6. The van der Waals surface area contributed by atoms with Gasteiger partial charge in [-0.3, -0.25) is 0 Å². The molecule has 0 N–H and O–H groups in total. The molecule has 0 unspecified atom stereocenters. The third-order valence-electron chi connectivity index (χ3n) is 16.6. The molecule has 4 saturated carbocycles. The van der Waals surface area contributed by atoms with E-state index in [0.717, 1.165) is 23.7 Å². The minimum atomic E-state index is -0.0838. The quantitative estimate of drug-likeness (QED) is 0.173. The van der Waals surface area contributed by atoms with Gasteiger partial charge in [0.2, 0.25) is 0 Å². The molecule has 4 bridgehead atoms. The molecule has 0 amide bonds. The van der Waals surface area contributed by atoms with Crippen molar-refractivity contribution in [2.45, 2.75) is 76.0 Å². The van der Waals surface area contributed by atoms with Crippen LogP contribution >= 0.6 is 0 Å². The van der Waals surface area contributed by atoms with Gasteiger partial charge < -0.3 is 4.90 Å². The van der Waals surface area contributed by atoms with Gasteiger partial charge in [-0.1, -0.05) is 149 Å². The molecule has 4 fully saturated rings. The highest BCUT2D eigenvalue weighted by molar-refractivity contribution is 5.96. The topological polar surface area (TPSA) is 3.24 Å². The van der Waals surface area contributed by atoms with Gasteiger partial charge in [0, 0.05) is 33.2 Å². The Labute approximate surface area is 349 Å². The first-order valence-corrected chi connectivity index (χ1v) is 22.4. The molecule has 7 aromatic rings. The molecule has 0 heterocycles. The normalized spacial score (nSPS) is 24.9.